The Hall–Kier alpha value is -3.02. The fraction of sp³-hybridized carbons (Fsp3) is 0.0667. The van der Waals surface area contributed by atoms with E-state index in [-0.39, 0.29) is 0 Å². The van der Waals surface area contributed by atoms with Gasteiger partial charge in [-0.2, -0.15) is 0 Å². The van der Waals surface area contributed by atoms with Gasteiger partial charge >= 0.3 is 6.09 Å². The molecule has 0 unspecified atom stereocenters. The largest absolute Gasteiger partial charge is 0.464 e. The lowest BCUT2D eigenvalue weighted by Gasteiger charge is -2.10. The van der Waals surface area contributed by atoms with Crippen LogP contribution in [0.1, 0.15) is 5.56 Å². The third-order valence-corrected chi connectivity index (χ3v) is 3.29. The van der Waals surface area contributed by atoms with Gasteiger partial charge in [-0.1, -0.05) is 0 Å². The molecule has 3 rings (SSSR count). The first kappa shape index (κ1) is 13.0. The highest BCUT2D eigenvalue weighted by Gasteiger charge is 2.09. The lowest BCUT2D eigenvalue weighted by atomic mass is 10.2. The maximum absolute atomic E-state index is 11.0. The van der Waals surface area contributed by atoms with Crippen molar-refractivity contribution in [2.45, 2.75) is 6.92 Å². The molecule has 0 amide bonds. The highest BCUT2D eigenvalue weighted by Crippen LogP contribution is 2.29. The number of ether oxygens (including phenoxy) is 1. The van der Waals surface area contributed by atoms with E-state index in [4.69, 9.17) is 15.6 Å². The number of carboxylic acid groups (broad SMARTS) is 1. The zero-order valence-corrected chi connectivity index (χ0v) is 11.3. The van der Waals surface area contributed by atoms with Crippen molar-refractivity contribution in [2.75, 3.05) is 5.73 Å². The van der Waals surface area contributed by atoms with E-state index in [2.05, 4.69) is 4.98 Å². The second kappa shape index (κ2) is 4.82. The second-order valence-electron chi connectivity index (χ2n) is 4.61. The molecule has 6 heteroatoms. The van der Waals surface area contributed by atoms with E-state index in [1.165, 1.54) is 6.20 Å². The molecule has 0 fully saturated rings. The topological polar surface area (TPSA) is 90.4 Å². The first-order chi connectivity index (χ1) is 10.1. The first-order valence-electron chi connectivity index (χ1n) is 6.29. The first-order valence-corrected chi connectivity index (χ1v) is 6.29. The molecule has 106 valence electrons. The average molecular weight is 283 g/mol. The van der Waals surface area contributed by atoms with Crippen LogP contribution >= 0.6 is 0 Å². The minimum absolute atomic E-state index is 0.422. The predicted molar refractivity (Wildman–Crippen MR) is 78.8 cm³/mol. The maximum atomic E-state index is 11.0. The molecule has 2 heterocycles. The quantitative estimate of drug-likeness (QED) is 0.753. The summed E-state index contributed by atoms with van der Waals surface area (Å²) in [5.74, 6) is 1.66. The van der Waals surface area contributed by atoms with E-state index >= 15 is 0 Å². The number of benzene rings is 1. The number of nitrogens with two attached hydrogens (primary N) is 1. The van der Waals surface area contributed by atoms with E-state index in [0.29, 0.717) is 22.8 Å². The molecular weight excluding hydrogens is 270 g/mol. The minimum Gasteiger partial charge on any atom is -0.464 e. The molecule has 3 aromatic rings. The molecular formula is C15H13N3O3. The zero-order chi connectivity index (χ0) is 15.0. The standard InChI is InChI=1S/C15H13N3O3/c1-9-13(4-6-17-14(9)16)21-11-2-3-12-10(8-11)5-7-18(12)15(19)20/h2-8H,1H3,(H2,16,17)(H,19,20). The van der Waals surface area contributed by atoms with Gasteiger partial charge in [0.25, 0.3) is 0 Å². The van der Waals surface area contributed by atoms with Gasteiger partial charge in [0.05, 0.1) is 5.52 Å². The zero-order valence-electron chi connectivity index (χ0n) is 11.3. The lowest BCUT2D eigenvalue weighted by molar-refractivity contribution is 0.197. The van der Waals surface area contributed by atoms with Crippen molar-refractivity contribution in [1.82, 2.24) is 9.55 Å². The molecule has 2 aromatic heterocycles. The van der Waals surface area contributed by atoms with Crippen molar-refractivity contribution in [3.63, 3.8) is 0 Å². The summed E-state index contributed by atoms with van der Waals surface area (Å²) in [5.41, 5.74) is 7.12. The summed E-state index contributed by atoms with van der Waals surface area (Å²) in [5, 5.41) is 9.84. The number of pyridine rings is 1. The molecule has 0 spiro atoms. The number of nitrogens with zero attached hydrogens (tertiary/aromatic N) is 2. The van der Waals surface area contributed by atoms with Gasteiger partial charge in [-0.05, 0) is 37.3 Å². The molecule has 6 nitrogen and oxygen atoms in total. The second-order valence-corrected chi connectivity index (χ2v) is 4.61. The fourth-order valence-corrected chi connectivity index (χ4v) is 2.12. The van der Waals surface area contributed by atoms with Crippen LogP contribution in [-0.2, 0) is 0 Å². The Morgan fingerprint density at radius 3 is 2.90 bits per heavy atom. The van der Waals surface area contributed by atoms with Gasteiger partial charge in [-0.15, -0.1) is 0 Å². The summed E-state index contributed by atoms with van der Waals surface area (Å²) < 4.78 is 6.95. The summed E-state index contributed by atoms with van der Waals surface area (Å²) in [7, 11) is 0. The number of hydrogen-bond acceptors (Lipinski definition) is 4. The van der Waals surface area contributed by atoms with Crippen LogP contribution in [0.3, 0.4) is 0 Å². The van der Waals surface area contributed by atoms with Crippen molar-refractivity contribution in [2.24, 2.45) is 0 Å². The van der Waals surface area contributed by atoms with Gasteiger partial charge in [-0.25, -0.2) is 9.78 Å². The molecule has 0 radical (unpaired) electrons. The minimum atomic E-state index is -1.02. The Morgan fingerprint density at radius 2 is 2.14 bits per heavy atom. The van der Waals surface area contributed by atoms with E-state index in [1.54, 1.807) is 36.5 Å². The summed E-state index contributed by atoms with van der Waals surface area (Å²) in [6.07, 6.45) is 2.07. The third kappa shape index (κ3) is 2.27. The third-order valence-electron chi connectivity index (χ3n) is 3.29. The highest BCUT2D eigenvalue weighted by molar-refractivity contribution is 5.89. The van der Waals surface area contributed by atoms with Gasteiger partial charge in [0.2, 0.25) is 0 Å². The van der Waals surface area contributed by atoms with Crippen LogP contribution in [0.15, 0.2) is 42.7 Å². The number of rotatable bonds is 2. The van der Waals surface area contributed by atoms with Gasteiger partial charge in [0.1, 0.15) is 17.3 Å². The predicted octanol–water partition coefficient (Wildman–Crippen LogP) is 3.25. The number of anilines is 1. The Labute approximate surface area is 120 Å². The lowest BCUT2D eigenvalue weighted by Crippen LogP contribution is -2.05. The highest BCUT2D eigenvalue weighted by atomic mass is 16.5. The van der Waals surface area contributed by atoms with E-state index in [0.717, 1.165) is 15.5 Å². The average Bonchev–Trinajstić information content (AvgIpc) is 2.87. The normalized spacial score (nSPS) is 10.7. The Balaban J connectivity index is 1.98. The van der Waals surface area contributed by atoms with Crippen molar-refractivity contribution in [3.05, 3.63) is 48.3 Å². The molecule has 3 N–H and O–H groups in total. The van der Waals surface area contributed by atoms with Crippen LogP contribution in [-0.4, -0.2) is 20.8 Å². The van der Waals surface area contributed by atoms with Crippen LogP contribution in [0.4, 0.5) is 10.6 Å². The summed E-state index contributed by atoms with van der Waals surface area (Å²) >= 11 is 0. The number of aromatic nitrogens is 2. The van der Waals surface area contributed by atoms with Crippen molar-refractivity contribution >= 4 is 22.8 Å². The number of hydrogen-bond donors (Lipinski definition) is 2. The number of fused-ring (bicyclic) bond motifs is 1. The van der Waals surface area contributed by atoms with E-state index in [9.17, 15) is 4.79 Å². The van der Waals surface area contributed by atoms with Crippen LogP contribution in [0.5, 0.6) is 11.5 Å². The molecule has 0 bridgehead atoms. The molecule has 0 aliphatic carbocycles. The summed E-state index contributed by atoms with van der Waals surface area (Å²) in [4.78, 5) is 15.0. The molecule has 0 aliphatic heterocycles. The van der Waals surface area contributed by atoms with Gasteiger partial charge in [0, 0.05) is 23.3 Å². The number of carbonyl (C=O) groups is 1. The van der Waals surface area contributed by atoms with Crippen molar-refractivity contribution in [3.8, 4) is 11.5 Å². The Morgan fingerprint density at radius 1 is 1.33 bits per heavy atom. The van der Waals surface area contributed by atoms with E-state index < -0.39 is 6.09 Å². The van der Waals surface area contributed by atoms with Crippen LogP contribution < -0.4 is 10.5 Å². The van der Waals surface area contributed by atoms with Gasteiger partial charge < -0.3 is 15.6 Å². The van der Waals surface area contributed by atoms with Crippen LogP contribution in [0.25, 0.3) is 10.9 Å². The Kier molecular flexibility index (Phi) is 2.98. The van der Waals surface area contributed by atoms with Crippen molar-refractivity contribution in [1.29, 1.82) is 0 Å². The van der Waals surface area contributed by atoms with Crippen LogP contribution in [0, 0.1) is 6.92 Å². The maximum Gasteiger partial charge on any atom is 0.415 e. The van der Waals surface area contributed by atoms with Gasteiger partial charge in [-0.3, -0.25) is 4.57 Å². The van der Waals surface area contributed by atoms with Crippen LogP contribution in [0.2, 0.25) is 0 Å². The van der Waals surface area contributed by atoms with Gasteiger partial charge in [0.15, 0.2) is 0 Å². The monoisotopic (exact) mass is 283 g/mol. The smallest absolute Gasteiger partial charge is 0.415 e. The molecule has 0 saturated heterocycles. The summed E-state index contributed by atoms with van der Waals surface area (Å²) in [6, 6.07) is 8.67. The van der Waals surface area contributed by atoms with Crippen molar-refractivity contribution < 1.29 is 14.6 Å². The molecule has 1 aromatic carbocycles. The molecule has 21 heavy (non-hydrogen) atoms. The number of nitrogen functional groups attached to an aromatic ring is 1. The van der Waals surface area contributed by atoms with E-state index in [1.807, 2.05) is 6.92 Å². The fourth-order valence-electron chi connectivity index (χ4n) is 2.12. The molecule has 0 atom stereocenters. The molecule has 0 aliphatic rings. The molecule has 0 saturated carbocycles. The Bertz CT molecular complexity index is 839. The SMILES string of the molecule is Cc1c(Oc2ccc3c(ccn3C(=O)O)c2)ccnc1N. The summed E-state index contributed by atoms with van der Waals surface area (Å²) in [6.45, 7) is 1.83.